The molecule has 0 aliphatic carbocycles. The molecule has 5 heteroatoms. The largest absolute Gasteiger partial charge is 0.323 e. The number of carbonyl (C=O) groups excluding carboxylic acids is 1. The number of hydrogen-bond donors (Lipinski definition) is 2. The van der Waals surface area contributed by atoms with Gasteiger partial charge in [-0.2, -0.15) is 0 Å². The Morgan fingerprint density at radius 3 is 3.00 bits per heavy atom. The second kappa shape index (κ2) is 4.74. The fourth-order valence-electron chi connectivity index (χ4n) is 1.98. The molecule has 1 aliphatic rings. The summed E-state index contributed by atoms with van der Waals surface area (Å²) < 4.78 is 0.806. The van der Waals surface area contributed by atoms with Gasteiger partial charge in [-0.25, -0.2) is 4.98 Å². The van der Waals surface area contributed by atoms with Gasteiger partial charge in [-0.15, -0.1) is 0 Å². The van der Waals surface area contributed by atoms with Crippen molar-refractivity contribution in [2.75, 3.05) is 11.9 Å². The molecule has 0 spiro atoms. The van der Waals surface area contributed by atoms with Crippen molar-refractivity contribution in [2.45, 2.75) is 32.2 Å². The monoisotopic (exact) mass is 297 g/mol. The third kappa shape index (κ3) is 2.66. The van der Waals surface area contributed by atoms with Crippen molar-refractivity contribution < 1.29 is 4.79 Å². The molecule has 1 saturated heterocycles. The van der Waals surface area contributed by atoms with Crippen LogP contribution in [-0.2, 0) is 4.79 Å². The van der Waals surface area contributed by atoms with Crippen molar-refractivity contribution in [3.63, 3.8) is 0 Å². The minimum absolute atomic E-state index is 0.0125. The highest BCUT2D eigenvalue weighted by atomic mass is 79.9. The lowest BCUT2D eigenvalue weighted by atomic mass is 9.99. The van der Waals surface area contributed by atoms with E-state index >= 15 is 0 Å². The number of halogens is 1. The summed E-state index contributed by atoms with van der Waals surface area (Å²) in [6.07, 6.45) is 3.58. The predicted molar refractivity (Wildman–Crippen MR) is 70.9 cm³/mol. The van der Waals surface area contributed by atoms with Gasteiger partial charge in [-0.3, -0.25) is 4.79 Å². The molecule has 92 valence electrons. The van der Waals surface area contributed by atoms with Crippen LogP contribution in [0.25, 0.3) is 0 Å². The van der Waals surface area contributed by atoms with Gasteiger partial charge in [-0.05, 0) is 60.8 Å². The minimum atomic E-state index is -0.443. The summed E-state index contributed by atoms with van der Waals surface area (Å²) >= 11 is 3.34. The maximum absolute atomic E-state index is 12.1. The predicted octanol–water partition coefficient (Wildman–Crippen LogP) is 2.23. The van der Waals surface area contributed by atoms with E-state index in [4.69, 9.17) is 0 Å². The zero-order valence-corrected chi connectivity index (χ0v) is 11.6. The van der Waals surface area contributed by atoms with Crippen LogP contribution in [0.4, 0.5) is 5.69 Å². The van der Waals surface area contributed by atoms with Crippen molar-refractivity contribution in [3.05, 3.63) is 22.4 Å². The average molecular weight is 298 g/mol. The molecule has 1 atom stereocenters. The topological polar surface area (TPSA) is 54.0 Å². The number of carbonyl (C=O) groups is 1. The number of amides is 1. The fraction of sp³-hybridized carbons (Fsp3) is 0.500. The summed E-state index contributed by atoms with van der Waals surface area (Å²) in [4.78, 5) is 16.3. The first kappa shape index (κ1) is 12.5. The van der Waals surface area contributed by atoms with Gasteiger partial charge in [0.15, 0.2) is 0 Å². The standard InChI is InChI=1S/C12H16BrN3O/c1-8-6-9(7-14-10(8)13)16-11(17)12(2)4-3-5-15-12/h6-7,15H,3-5H2,1-2H3,(H,16,17). The summed E-state index contributed by atoms with van der Waals surface area (Å²) in [7, 11) is 0. The molecule has 2 N–H and O–H groups in total. The molecule has 1 aliphatic heterocycles. The summed E-state index contributed by atoms with van der Waals surface area (Å²) in [6.45, 7) is 4.79. The van der Waals surface area contributed by atoms with Crippen LogP contribution in [0.15, 0.2) is 16.9 Å². The molecule has 0 aromatic carbocycles. The molecule has 2 rings (SSSR count). The minimum Gasteiger partial charge on any atom is -0.323 e. The van der Waals surface area contributed by atoms with Crippen LogP contribution >= 0.6 is 15.9 Å². The first-order valence-electron chi connectivity index (χ1n) is 5.70. The molecule has 1 amide bonds. The average Bonchev–Trinajstić information content (AvgIpc) is 2.72. The molecular formula is C12H16BrN3O. The van der Waals surface area contributed by atoms with Crippen molar-refractivity contribution >= 4 is 27.5 Å². The second-order valence-electron chi connectivity index (χ2n) is 4.65. The molecule has 1 unspecified atom stereocenters. The number of hydrogen-bond acceptors (Lipinski definition) is 3. The van der Waals surface area contributed by atoms with E-state index in [0.29, 0.717) is 0 Å². The first-order chi connectivity index (χ1) is 8.01. The zero-order valence-electron chi connectivity index (χ0n) is 10.0. The molecule has 0 bridgehead atoms. The Balaban J connectivity index is 2.10. The number of anilines is 1. The number of nitrogens with one attached hydrogen (secondary N) is 2. The van der Waals surface area contributed by atoms with Crippen LogP contribution in [0.1, 0.15) is 25.3 Å². The van der Waals surface area contributed by atoms with E-state index in [-0.39, 0.29) is 5.91 Å². The quantitative estimate of drug-likeness (QED) is 0.823. The lowest BCUT2D eigenvalue weighted by Crippen LogP contribution is -2.47. The Morgan fingerprint density at radius 2 is 2.41 bits per heavy atom. The molecule has 17 heavy (non-hydrogen) atoms. The Labute approximate surface area is 109 Å². The van der Waals surface area contributed by atoms with E-state index in [0.717, 1.165) is 35.2 Å². The van der Waals surface area contributed by atoms with Crippen LogP contribution < -0.4 is 10.6 Å². The number of pyridine rings is 1. The van der Waals surface area contributed by atoms with Gasteiger partial charge in [-0.1, -0.05) is 0 Å². The fourth-order valence-corrected chi connectivity index (χ4v) is 2.20. The van der Waals surface area contributed by atoms with Crippen LogP contribution in [0.5, 0.6) is 0 Å². The normalized spacial score (nSPS) is 23.7. The van der Waals surface area contributed by atoms with Crippen LogP contribution in [0, 0.1) is 6.92 Å². The summed E-state index contributed by atoms with van der Waals surface area (Å²) in [5.74, 6) is 0.0125. The smallest absolute Gasteiger partial charge is 0.244 e. The van der Waals surface area contributed by atoms with Gasteiger partial charge >= 0.3 is 0 Å². The Hall–Kier alpha value is -0.940. The van der Waals surface area contributed by atoms with Gasteiger partial charge in [0.25, 0.3) is 0 Å². The van der Waals surface area contributed by atoms with E-state index in [1.165, 1.54) is 0 Å². The SMILES string of the molecule is Cc1cc(NC(=O)C2(C)CCCN2)cnc1Br. The van der Waals surface area contributed by atoms with Crippen LogP contribution in [-0.4, -0.2) is 23.0 Å². The van der Waals surface area contributed by atoms with Crippen molar-refractivity contribution in [1.29, 1.82) is 0 Å². The lowest BCUT2D eigenvalue weighted by Gasteiger charge is -2.23. The van der Waals surface area contributed by atoms with Gasteiger partial charge < -0.3 is 10.6 Å². The first-order valence-corrected chi connectivity index (χ1v) is 6.49. The van der Waals surface area contributed by atoms with E-state index in [2.05, 4.69) is 31.5 Å². The third-order valence-electron chi connectivity index (χ3n) is 3.14. The number of aryl methyl sites for hydroxylation is 1. The highest BCUT2D eigenvalue weighted by Crippen LogP contribution is 2.22. The molecule has 1 fully saturated rings. The molecule has 2 heterocycles. The Bertz CT molecular complexity index is 441. The number of rotatable bonds is 2. The molecule has 0 saturated carbocycles. The summed E-state index contributed by atoms with van der Waals surface area (Å²) in [6, 6.07) is 1.91. The van der Waals surface area contributed by atoms with E-state index in [9.17, 15) is 4.79 Å². The molecule has 0 radical (unpaired) electrons. The third-order valence-corrected chi connectivity index (χ3v) is 3.97. The highest BCUT2D eigenvalue weighted by molar-refractivity contribution is 9.10. The Kier molecular flexibility index (Phi) is 3.49. The van der Waals surface area contributed by atoms with Crippen LogP contribution in [0.3, 0.4) is 0 Å². The van der Waals surface area contributed by atoms with E-state index in [1.54, 1.807) is 6.20 Å². The van der Waals surface area contributed by atoms with Crippen molar-refractivity contribution in [3.8, 4) is 0 Å². The van der Waals surface area contributed by atoms with Gasteiger partial charge in [0.2, 0.25) is 5.91 Å². The highest BCUT2D eigenvalue weighted by Gasteiger charge is 2.35. The lowest BCUT2D eigenvalue weighted by molar-refractivity contribution is -0.121. The Morgan fingerprint density at radius 1 is 1.65 bits per heavy atom. The van der Waals surface area contributed by atoms with E-state index in [1.807, 2.05) is 19.9 Å². The molecule has 1 aromatic heterocycles. The van der Waals surface area contributed by atoms with Crippen molar-refractivity contribution in [2.24, 2.45) is 0 Å². The maximum Gasteiger partial charge on any atom is 0.244 e. The zero-order chi connectivity index (χ0) is 12.5. The van der Waals surface area contributed by atoms with E-state index < -0.39 is 5.54 Å². The van der Waals surface area contributed by atoms with Crippen molar-refractivity contribution in [1.82, 2.24) is 10.3 Å². The number of aromatic nitrogens is 1. The van der Waals surface area contributed by atoms with Gasteiger partial charge in [0, 0.05) is 0 Å². The summed E-state index contributed by atoms with van der Waals surface area (Å²) in [5.41, 5.74) is 1.30. The van der Waals surface area contributed by atoms with Gasteiger partial charge in [0.05, 0.1) is 17.4 Å². The molecule has 1 aromatic rings. The van der Waals surface area contributed by atoms with Crippen LogP contribution in [0.2, 0.25) is 0 Å². The van der Waals surface area contributed by atoms with Gasteiger partial charge in [0.1, 0.15) is 4.60 Å². The number of nitrogens with zero attached hydrogens (tertiary/aromatic N) is 1. The summed E-state index contributed by atoms with van der Waals surface area (Å²) in [5, 5.41) is 6.14. The molecular weight excluding hydrogens is 282 g/mol. The second-order valence-corrected chi connectivity index (χ2v) is 5.40. The maximum atomic E-state index is 12.1. The molecule has 4 nitrogen and oxygen atoms in total.